The van der Waals surface area contributed by atoms with E-state index in [0.717, 1.165) is 22.2 Å². The number of nitrogens with one attached hydrogen (secondary N) is 1. The topological polar surface area (TPSA) is 59.8 Å². The van der Waals surface area contributed by atoms with Crippen LogP contribution >= 0.6 is 11.8 Å². The van der Waals surface area contributed by atoms with Crippen molar-refractivity contribution in [2.24, 2.45) is 7.05 Å². The molecule has 0 saturated carbocycles. The van der Waals surface area contributed by atoms with E-state index in [4.69, 9.17) is 0 Å². The fourth-order valence-corrected chi connectivity index (χ4v) is 3.22. The van der Waals surface area contributed by atoms with E-state index in [2.05, 4.69) is 15.5 Å². The molecular formula is C19H20N4OS. The second kappa shape index (κ2) is 7.98. The van der Waals surface area contributed by atoms with Crippen LogP contribution in [0.2, 0.25) is 0 Å². The number of carbonyl (C=O) groups excluding carboxylic acids is 1. The lowest BCUT2D eigenvalue weighted by Gasteiger charge is -2.06. The van der Waals surface area contributed by atoms with Crippen LogP contribution in [-0.4, -0.2) is 26.4 Å². The van der Waals surface area contributed by atoms with Gasteiger partial charge >= 0.3 is 0 Å². The van der Waals surface area contributed by atoms with E-state index in [1.807, 2.05) is 73.1 Å². The minimum atomic E-state index is 0.00167. The molecule has 1 aromatic heterocycles. The summed E-state index contributed by atoms with van der Waals surface area (Å²) in [5, 5.41) is 12.2. The highest BCUT2D eigenvalue weighted by Gasteiger charge is 2.11. The van der Waals surface area contributed by atoms with Gasteiger partial charge in [-0.15, -0.1) is 10.2 Å². The summed E-state index contributed by atoms with van der Waals surface area (Å²) in [5.41, 5.74) is 3.03. The van der Waals surface area contributed by atoms with Crippen molar-refractivity contribution in [3.05, 3.63) is 60.2 Å². The zero-order valence-electron chi connectivity index (χ0n) is 14.3. The monoisotopic (exact) mass is 352 g/mol. The van der Waals surface area contributed by atoms with E-state index in [-0.39, 0.29) is 5.91 Å². The third-order valence-electron chi connectivity index (χ3n) is 3.76. The van der Waals surface area contributed by atoms with E-state index in [9.17, 15) is 4.79 Å². The van der Waals surface area contributed by atoms with Crippen LogP contribution in [0.4, 0.5) is 5.69 Å². The minimum Gasteiger partial charge on any atom is -0.326 e. The van der Waals surface area contributed by atoms with Gasteiger partial charge in [0.05, 0.1) is 0 Å². The first-order chi connectivity index (χ1) is 12.1. The molecule has 1 N–H and O–H groups in total. The van der Waals surface area contributed by atoms with Gasteiger partial charge in [-0.25, -0.2) is 0 Å². The second-order valence-corrected chi connectivity index (χ2v) is 6.81. The van der Waals surface area contributed by atoms with Crippen LogP contribution in [0.1, 0.15) is 12.0 Å². The molecule has 3 aromatic rings. The highest BCUT2D eigenvalue weighted by Crippen LogP contribution is 2.22. The van der Waals surface area contributed by atoms with Gasteiger partial charge in [-0.2, -0.15) is 0 Å². The smallest absolute Gasteiger partial charge is 0.225 e. The maximum atomic E-state index is 12.0. The second-order valence-electron chi connectivity index (χ2n) is 5.74. The van der Waals surface area contributed by atoms with Crippen molar-refractivity contribution in [1.29, 1.82) is 0 Å². The fourth-order valence-electron chi connectivity index (χ4n) is 2.37. The Morgan fingerprint density at radius 3 is 2.52 bits per heavy atom. The van der Waals surface area contributed by atoms with E-state index in [1.54, 1.807) is 0 Å². The molecule has 0 aliphatic rings. The van der Waals surface area contributed by atoms with Gasteiger partial charge in [0.2, 0.25) is 5.91 Å². The Bertz CT molecular complexity index is 844. The van der Waals surface area contributed by atoms with Crippen molar-refractivity contribution in [2.75, 3.05) is 11.1 Å². The zero-order valence-corrected chi connectivity index (χ0v) is 15.1. The molecule has 128 valence electrons. The zero-order chi connectivity index (χ0) is 17.6. The number of hydrogen-bond acceptors (Lipinski definition) is 4. The molecule has 0 bridgehead atoms. The Morgan fingerprint density at radius 1 is 1.08 bits per heavy atom. The summed E-state index contributed by atoms with van der Waals surface area (Å²) >= 11 is 1.53. The lowest BCUT2D eigenvalue weighted by molar-refractivity contribution is -0.115. The van der Waals surface area contributed by atoms with E-state index >= 15 is 0 Å². The number of hydrogen-bond donors (Lipinski definition) is 1. The predicted octanol–water partition coefficient (Wildman–Crippen LogP) is 3.91. The van der Waals surface area contributed by atoms with Gasteiger partial charge in [0, 0.05) is 30.5 Å². The average Bonchev–Trinajstić information content (AvgIpc) is 2.99. The SMILES string of the molecule is Cc1ccc(NC(=O)CCSc2nnc(-c3ccccc3)n2C)cc1. The van der Waals surface area contributed by atoms with E-state index in [0.29, 0.717) is 12.2 Å². The number of aromatic nitrogens is 3. The Labute approximate surface area is 151 Å². The molecule has 0 aliphatic carbocycles. The molecular weight excluding hydrogens is 332 g/mol. The molecule has 1 heterocycles. The number of carbonyl (C=O) groups is 1. The van der Waals surface area contributed by atoms with Gasteiger partial charge in [-0.3, -0.25) is 4.79 Å². The summed E-state index contributed by atoms with van der Waals surface area (Å²) < 4.78 is 1.96. The summed E-state index contributed by atoms with van der Waals surface area (Å²) in [6.45, 7) is 2.02. The largest absolute Gasteiger partial charge is 0.326 e. The normalized spacial score (nSPS) is 10.6. The molecule has 25 heavy (non-hydrogen) atoms. The summed E-state index contributed by atoms with van der Waals surface area (Å²) in [6.07, 6.45) is 0.423. The summed E-state index contributed by atoms with van der Waals surface area (Å²) in [6, 6.07) is 17.7. The molecule has 2 aromatic carbocycles. The Morgan fingerprint density at radius 2 is 1.80 bits per heavy atom. The molecule has 3 rings (SSSR count). The molecule has 0 radical (unpaired) electrons. The molecule has 6 heteroatoms. The Balaban J connectivity index is 1.53. The standard InChI is InChI=1S/C19H20N4OS/c1-14-8-10-16(11-9-14)20-17(24)12-13-25-19-22-21-18(23(19)2)15-6-4-3-5-7-15/h3-11H,12-13H2,1-2H3,(H,20,24). The van der Waals surface area contributed by atoms with Gasteiger partial charge in [0.15, 0.2) is 11.0 Å². The quantitative estimate of drug-likeness (QED) is 0.683. The van der Waals surface area contributed by atoms with Crippen LogP contribution in [0.5, 0.6) is 0 Å². The molecule has 1 amide bonds. The maximum Gasteiger partial charge on any atom is 0.225 e. The van der Waals surface area contributed by atoms with E-state index < -0.39 is 0 Å². The summed E-state index contributed by atoms with van der Waals surface area (Å²) in [5.74, 6) is 1.48. The van der Waals surface area contributed by atoms with Crippen molar-refractivity contribution >= 4 is 23.4 Å². The van der Waals surface area contributed by atoms with Gasteiger partial charge in [0.1, 0.15) is 0 Å². The third kappa shape index (κ3) is 4.48. The molecule has 0 atom stereocenters. The van der Waals surface area contributed by atoms with Gasteiger partial charge < -0.3 is 9.88 Å². The first-order valence-corrected chi connectivity index (χ1v) is 9.06. The van der Waals surface area contributed by atoms with Gasteiger partial charge in [0.25, 0.3) is 0 Å². The number of anilines is 1. The van der Waals surface area contributed by atoms with Crippen LogP contribution in [0.3, 0.4) is 0 Å². The fraction of sp³-hybridized carbons (Fsp3) is 0.211. The third-order valence-corrected chi connectivity index (χ3v) is 4.78. The predicted molar refractivity (Wildman–Crippen MR) is 102 cm³/mol. The molecule has 0 saturated heterocycles. The Kier molecular flexibility index (Phi) is 5.50. The minimum absolute atomic E-state index is 0.00167. The van der Waals surface area contributed by atoms with Crippen LogP contribution in [0.25, 0.3) is 11.4 Å². The first-order valence-electron chi connectivity index (χ1n) is 8.07. The van der Waals surface area contributed by atoms with Gasteiger partial charge in [-0.1, -0.05) is 59.8 Å². The molecule has 0 unspecified atom stereocenters. The van der Waals surface area contributed by atoms with Crippen LogP contribution in [0, 0.1) is 6.92 Å². The lowest BCUT2D eigenvalue weighted by atomic mass is 10.2. The molecule has 5 nitrogen and oxygen atoms in total. The van der Waals surface area contributed by atoms with Crippen molar-refractivity contribution in [1.82, 2.24) is 14.8 Å². The van der Waals surface area contributed by atoms with E-state index in [1.165, 1.54) is 17.3 Å². The highest BCUT2D eigenvalue weighted by molar-refractivity contribution is 7.99. The lowest BCUT2D eigenvalue weighted by Crippen LogP contribution is -2.12. The van der Waals surface area contributed by atoms with Crippen molar-refractivity contribution in [3.8, 4) is 11.4 Å². The highest BCUT2D eigenvalue weighted by atomic mass is 32.2. The van der Waals surface area contributed by atoms with Crippen molar-refractivity contribution in [3.63, 3.8) is 0 Å². The molecule has 0 aliphatic heterocycles. The van der Waals surface area contributed by atoms with Gasteiger partial charge in [-0.05, 0) is 19.1 Å². The number of rotatable bonds is 6. The number of amides is 1. The number of aryl methyl sites for hydroxylation is 1. The number of benzene rings is 2. The average molecular weight is 352 g/mol. The summed E-state index contributed by atoms with van der Waals surface area (Å²) in [4.78, 5) is 12.0. The van der Waals surface area contributed by atoms with Crippen LogP contribution < -0.4 is 5.32 Å². The molecule has 0 spiro atoms. The number of thioether (sulfide) groups is 1. The number of nitrogens with zero attached hydrogens (tertiary/aromatic N) is 3. The summed E-state index contributed by atoms with van der Waals surface area (Å²) in [7, 11) is 1.94. The Hall–Kier alpha value is -2.60. The van der Waals surface area contributed by atoms with Crippen LogP contribution in [0.15, 0.2) is 59.8 Å². The first kappa shape index (κ1) is 17.2. The molecule has 0 fully saturated rings. The van der Waals surface area contributed by atoms with Crippen LogP contribution in [-0.2, 0) is 11.8 Å². The maximum absolute atomic E-state index is 12.0. The van der Waals surface area contributed by atoms with Crippen molar-refractivity contribution < 1.29 is 4.79 Å². The van der Waals surface area contributed by atoms with Crippen molar-refractivity contribution in [2.45, 2.75) is 18.5 Å².